The molecular weight excluding hydrogens is 192 g/mol. The maximum atomic E-state index is 4.65. The van der Waals surface area contributed by atoms with Crippen LogP contribution in [-0.2, 0) is 6.54 Å². The van der Waals surface area contributed by atoms with Crippen molar-refractivity contribution >= 4 is 0 Å². The fourth-order valence-corrected chi connectivity index (χ4v) is 1.86. The first kappa shape index (κ1) is 10.6. The van der Waals surface area contributed by atoms with E-state index in [0.29, 0.717) is 6.04 Å². The van der Waals surface area contributed by atoms with E-state index in [9.17, 15) is 0 Å². The fourth-order valence-electron chi connectivity index (χ4n) is 1.86. The highest BCUT2D eigenvalue weighted by molar-refractivity contribution is 5.04. The second kappa shape index (κ2) is 4.72. The molecule has 0 aliphatic carbocycles. The molecule has 2 heterocycles. The van der Waals surface area contributed by atoms with E-state index in [1.54, 1.807) is 0 Å². The van der Waals surface area contributed by atoms with E-state index < -0.39 is 0 Å². The van der Waals surface area contributed by atoms with Gasteiger partial charge < -0.3 is 10.2 Å². The summed E-state index contributed by atoms with van der Waals surface area (Å²) in [6.07, 6.45) is 2.42. The highest BCUT2D eigenvalue weighted by Gasteiger charge is 2.16. The molecule has 5 nitrogen and oxygen atoms in total. The number of aromatic nitrogens is 2. The molecular formula is C10H18N4O. The average molecular weight is 210 g/mol. The van der Waals surface area contributed by atoms with Gasteiger partial charge in [-0.2, -0.15) is 0 Å². The van der Waals surface area contributed by atoms with Crippen molar-refractivity contribution in [1.29, 1.82) is 0 Å². The van der Waals surface area contributed by atoms with E-state index >= 15 is 0 Å². The first-order valence-electron chi connectivity index (χ1n) is 5.45. The second-order valence-electron chi connectivity index (χ2n) is 4.25. The van der Waals surface area contributed by atoms with E-state index in [0.717, 1.165) is 17.9 Å². The smallest absolute Gasteiger partial charge is 0.121 e. The van der Waals surface area contributed by atoms with Crippen LogP contribution < -0.4 is 5.32 Å². The number of nitrogens with one attached hydrogen (secondary N) is 1. The SMILES string of the molecule is Cc1nonc1CNC1CCN(C)CC1. The zero-order chi connectivity index (χ0) is 10.7. The van der Waals surface area contributed by atoms with Gasteiger partial charge in [0.05, 0.1) is 0 Å². The minimum Gasteiger partial charge on any atom is -0.308 e. The maximum absolute atomic E-state index is 4.65. The van der Waals surface area contributed by atoms with Crippen LogP contribution in [0.3, 0.4) is 0 Å². The molecule has 1 aromatic heterocycles. The topological polar surface area (TPSA) is 54.2 Å². The lowest BCUT2D eigenvalue weighted by Crippen LogP contribution is -2.40. The summed E-state index contributed by atoms with van der Waals surface area (Å²) in [5.41, 5.74) is 1.81. The molecule has 0 bridgehead atoms. The molecule has 0 atom stereocenters. The first-order chi connectivity index (χ1) is 7.25. The van der Waals surface area contributed by atoms with E-state index in [-0.39, 0.29) is 0 Å². The third-order valence-corrected chi connectivity index (χ3v) is 3.02. The first-order valence-corrected chi connectivity index (χ1v) is 5.45. The summed E-state index contributed by atoms with van der Waals surface area (Å²) in [5.74, 6) is 0. The highest BCUT2D eigenvalue weighted by atomic mass is 16.6. The van der Waals surface area contributed by atoms with Crippen LogP contribution in [0.5, 0.6) is 0 Å². The van der Waals surface area contributed by atoms with E-state index in [2.05, 4.69) is 32.2 Å². The summed E-state index contributed by atoms with van der Waals surface area (Å²) in [5, 5.41) is 11.1. The molecule has 1 N–H and O–H groups in total. The Labute approximate surface area is 89.8 Å². The molecule has 5 heteroatoms. The summed E-state index contributed by atoms with van der Waals surface area (Å²) in [6, 6.07) is 0.609. The van der Waals surface area contributed by atoms with Gasteiger partial charge in [-0.15, -0.1) is 0 Å². The van der Waals surface area contributed by atoms with Crippen LogP contribution in [0.25, 0.3) is 0 Å². The molecule has 84 valence electrons. The quantitative estimate of drug-likeness (QED) is 0.790. The Kier molecular flexibility index (Phi) is 3.33. The molecule has 0 radical (unpaired) electrons. The van der Waals surface area contributed by atoms with Crippen LogP contribution in [0.4, 0.5) is 0 Å². The van der Waals surface area contributed by atoms with Gasteiger partial charge in [-0.3, -0.25) is 0 Å². The summed E-state index contributed by atoms with van der Waals surface area (Å²) < 4.78 is 4.65. The number of aryl methyl sites for hydroxylation is 1. The van der Waals surface area contributed by atoms with Crippen molar-refractivity contribution in [2.45, 2.75) is 32.4 Å². The fraction of sp³-hybridized carbons (Fsp3) is 0.800. The lowest BCUT2D eigenvalue weighted by molar-refractivity contribution is 0.232. The van der Waals surface area contributed by atoms with Gasteiger partial charge in [0.25, 0.3) is 0 Å². The van der Waals surface area contributed by atoms with Gasteiger partial charge in [0.15, 0.2) is 0 Å². The van der Waals surface area contributed by atoms with E-state index in [4.69, 9.17) is 0 Å². The van der Waals surface area contributed by atoms with Crippen LogP contribution in [0.2, 0.25) is 0 Å². The van der Waals surface area contributed by atoms with E-state index in [1.165, 1.54) is 25.9 Å². The predicted molar refractivity (Wildman–Crippen MR) is 56.4 cm³/mol. The van der Waals surface area contributed by atoms with Crippen molar-refractivity contribution in [3.8, 4) is 0 Å². The molecule has 1 saturated heterocycles. The summed E-state index contributed by atoms with van der Waals surface area (Å²) in [4.78, 5) is 2.36. The van der Waals surface area contributed by atoms with Crippen LogP contribution in [0, 0.1) is 6.92 Å². The number of likely N-dealkylation sites (tertiary alicyclic amines) is 1. The lowest BCUT2D eigenvalue weighted by atomic mass is 10.1. The number of hydrogen-bond donors (Lipinski definition) is 1. The Balaban J connectivity index is 1.77. The van der Waals surface area contributed by atoms with Gasteiger partial charge in [-0.1, -0.05) is 10.3 Å². The van der Waals surface area contributed by atoms with Crippen molar-refractivity contribution in [3.05, 3.63) is 11.4 Å². The standard InChI is InChI=1S/C10H18N4O/c1-8-10(13-15-12-8)7-11-9-3-5-14(2)6-4-9/h9,11H,3-7H2,1-2H3. The molecule has 1 aliphatic rings. The summed E-state index contributed by atoms with van der Waals surface area (Å²) >= 11 is 0. The zero-order valence-electron chi connectivity index (χ0n) is 9.36. The molecule has 0 spiro atoms. The molecule has 0 aromatic carbocycles. The molecule has 15 heavy (non-hydrogen) atoms. The van der Waals surface area contributed by atoms with E-state index in [1.807, 2.05) is 6.92 Å². The second-order valence-corrected chi connectivity index (χ2v) is 4.25. The molecule has 0 unspecified atom stereocenters. The van der Waals surface area contributed by atoms with Gasteiger partial charge >= 0.3 is 0 Å². The average Bonchev–Trinajstić information content (AvgIpc) is 2.63. The Morgan fingerprint density at radius 3 is 2.73 bits per heavy atom. The Hall–Kier alpha value is -0.940. The van der Waals surface area contributed by atoms with Gasteiger partial charge in [-0.05, 0) is 39.9 Å². The van der Waals surface area contributed by atoms with Crippen molar-refractivity contribution in [2.75, 3.05) is 20.1 Å². The van der Waals surface area contributed by atoms with Crippen molar-refractivity contribution in [3.63, 3.8) is 0 Å². The molecule has 1 aromatic rings. The summed E-state index contributed by atoms with van der Waals surface area (Å²) in [6.45, 7) is 5.04. The van der Waals surface area contributed by atoms with Crippen molar-refractivity contribution < 1.29 is 4.63 Å². The Morgan fingerprint density at radius 2 is 2.13 bits per heavy atom. The highest BCUT2D eigenvalue weighted by Crippen LogP contribution is 2.09. The third-order valence-electron chi connectivity index (χ3n) is 3.02. The molecule has 1 aliphatic heterocycles. The number of nitrogens with zero attached hydrogens (tertiary/aromatic N) is 3. The van der Waals surface area contributed by atoms with Crippen LogP contribution >= 0.6 is 0 Å². The molecule has 0 amide bonds. The molecule has 1 fully saturated rings. The monoisotopic (exact) mass is 210 g/mol. The predicted octanol–water partition coefficient (Wildman–Crippen LogP) is 0.562. The molecule has 0 saturated carbocycles. The normalized spacial score (nSPS) is 19.6. The largest absolute Gasteiger partial charge is 0.308 e. The zero-order valence-corrected chi connectivity index (χ0v) is 9.36. The van der Waals surface area contributed by atoms with Gasteiger partial charge in [0.2, 0.25) is 0 Å². The number of rotatable bonds is 3. The Bertz CT molecular complexity index is 304. The van der Waals surface area contributed by atoms with Crippen LogP contribution in [0.1, 0.15) is 24.2 Å². The molecule has 2 rings (SSSR count). The third kappa shape index (κ3) is 2.76. The van der Waals surface area contributed by atoms with Crippen molar-refractivity contribution in [1.82, 2.24) is 20.5 Å². The van der Waals surface area contributed by atoms with Gasteiger partial charge in [0, 0.05) is 12.6 Å². The Morgan fingerprint density at radius 1 is 1.40 bits per heavy atom. The van der Waals surface area contributed by atoms with Crippen molar-refractivity contribution in [2.24, 2.45) is 0 Å². The summed E-state index contributed by atoms with van der Waals surface area (Å²) in [7, 11) is 2.17. The van der Waals surface area contributed by atoms with Crippen LogP contribution in [0.15, 0.2) is 4.63 Å². The lowest BCUT2D eigenvalue weighted by Gasteiger charge is -2.29. The number of piperidine rings is 1. The minimum absolute atomic E-state index is 0.609. The maximum Gasteiger partial charge on any atom is 0.121 e. The van der Waals surface area contributed by atoms with Gasteiger partial charge in [0.1, 0.15) is 11.4 Å². The minimum atomic E-state index is 0.609. The number of hydrogen-bond acceptors (Lipinski definition) is 5. The van der Waals surface area contributed by atoms with Gasteiger partial charge in [-0.25, -0.2) is 4.63 Å². The van der Waals surface area contributed by atoms with Crippen LogP contribution in [-0.4, -0.2) is 41.4 Å².